The van der Waals surface area contributed by atoms with Crippen molar-refractivity contribution in [1.82, 2.24) is 0 Å². The Morgan fingerprint density at radius 1 is 1.75 bits per heavy atom. The first-order chi connectivity index (χ1) is 3.12. The molecule has 0 aliphatic carbocycles. The molecule has 44 valence electrons. The fourth-order valence-electron chi connectivity index (χ4n) is 0.0304. The van der Waals surface area contributed by atoms with Gasteiger partial charge in [0.25, 0.3) is 0 Å². The Labute approximate surface area is 71.0 Å². The topological polar surface area (TPSA) is 63.6 Å². The summed E-state index contributed by atoms with van der Waals surface area (Å²) in [6, 6.07) is 0. The summed E-state index contributed by atoms with van der Waals surface area (Å²) in [6.07, 6.45) is 0. The maximum Gasteiger partial charge on any atom is 1.00 e. The van der Waals surface area contributed by atoms with E-state index in [-0.39, 0.29) is 31.0 Å². The van der Waals surface area contributed by atoms with Crippen molar-refractivity contribution in [3.8, 4) is 0 Å². The average Bonchev–Trinajstić information content (AvgIpc) is 1.68. The van der Waals surface area contributed by atoms with Gasteiger partial charge in [0.05, 0.1) is 5.41 Å². The van der Waals surface area contributed by atoms with Crippen LogP contribution in [-0.2, 0) is 14.5 Å². The Morgan fingerprint density at radius 3 is 2.12 bits per heavy atom. The molecule has 0 amide bonds. The molecule has 0 aromatic carbocycles. The summed E-state index contributed by atoms with van der Waals surface area (Å²) < 4.78 is 22.5. The van der Waals surface area contributed by atoms with Gasteiger partial charge in [-0.1, -0.05) is 6.58 Å². The molecule has 0 radical (unpaired) electrons. The standard InChI is InChI=1S/C2H4O4S.Na.H/c1-2-7(4,5)6-3;;/h2-3H,1H2;;/q;+1;-1. The molecule has 0 saturated carbocycles. The summed E-state index contributed by atoms with van der Waals surface area (Å²) in [5.74, 6) is 0. The van der Waals surface area contributed by atoms with Crippen molar-refractivity contribution in [2.45, 2.75) is 0 Å². The van der Waals surface area contributed by atoms with E-state index in [1.165, 1.54) is 0 Å². The van der Waals surface area contributed by atoms with Gasteiger partial charge in [-0.3, -0.25) is 0 Å². The van der Waals surface area contributed by atoms with E-state index in [9.17, 15) is 8.42 Å². The third-order valence-electron chi connectivity index (χ3n) is 0.308. The smallest absolute Gasteiger partial charge is 1.00 e. The van der Waals surface area contributed by atoms with Crippen LogP contribution in [0, 0.1) is 0 Å². The van der Waals surface area contributed by atoms with Gasteiger partial charge >= 0.3 is 39.7 Å². The molecule has 4 nitrogen and oxygen atoms in total. The molecule has 0 atom stereocenters. The molecule has 8 heavy (non-hydrogen) atoms. The van der Waals surface area contributed by atoms with Crippen LogP contribution >= 0.6 is 0 Å². The molecule has 0 aromatic heterocycles. The minimum absolute atomic E-state index is 0. The van der Waals surface area contributed by atoms with Crippen LogP contribution in [0.25, 0.3) is 0 Å². The van der Waals surface area contributed by atoms with Gasteiger partial charge in [0, 0.05) is 0 Å². The van der Waals surface area contributed by atoms with Crippen LogP contribution in [0.3, 0.4) is 0 Å². The molecular weight excluding hydrogens is 143 g/mol. The zero-order valence-corrected chi connectivity index (χ0v) is 7.18. The van der Waals surface area contributed by atoms with Crippen molar-refractivity contribution in [2.75, 3.05) is 0 Å². The number of hydrogen-bond donors (Lipinski definition) is 1. The van der Waals surface area contributed by atoms with Gasteiger partial charge < -0.3 is 1.43 Å². The van der Waals surface area contributed by atoms with Crippen molar-refractivity contribution in [3.63, 3.8) is 0 Å². The fraction of sp³-hybridized carbons (Fsp3) is 0. The molecule has 6 heteroatoms. The molecule has 0 aliphatic heterocycles. The van der Waals surface area contributed by atoms with Crippen molar-refractivity contribution in [3.05, 3.63) is 12.0 Å². The van der Waals surface area contributed by atoms with Crippen LogP contribution in [0.4, 0.5) is 0 Å². The van der Waals surface area contributed by atoms with Gasteiger partial charge in [-0.15, -0.1) is 4.33 Å². The third kappa shape index (κ3) is 4.76. The molecule has 0 unspecified atom stereocenters. The summed E-state index contributed by atoms with van der Waals surface area (Å²) in [6.45, 7) is 2.83. The van der Waals surface area contributed by atoms with Crippen molar-refractivity contribution < 1.29 is 49.0 Å². The molecular formula is C2H5NaO4S. The van der Waals surface area contributed by atoms with E-state index < -0.39 is 10.1 Å². The van der Waals surface area contributed by atoms with Gasteiger partial charge in [-0.25, -0.2) is 5.26 Å². The maximum atomic E-state index is 9.78. The first-order valence-corrected chi connectivity index (χ1v) is 2.80. The van der Waals surface area contributed by atoms with Crippen molar-refractivity contribution >= 4 is 10.1 Å². The summed E-state index contributed by atoms with van der Waals surface area (Å²) in [7, 11) is -3.84. The van der Waals surface area contributed by atoms with Gasteiger partial charge in [0.1, 0.15) is 0 Å². The molecule has 1 N–H and O–H groups in total. The second-order valence-electron chi connectivity index (χ2n) is 0.734. The van der Waals surface area contributed by atoms with E-state index in [4.69, 9.17) is 5.26 Å². The van der Waals surface area contributed by atoms with Crippen molar-refractivity contribution in [2.24, 2.45) is 0 Å². The van der Waals surface area contributed by atoms with Crippen molar-refractivity contribution in [1.29, 1.82) is 0 Å². The van der Waals surface area contributed by atoms with Gasteiger partial charge in [0.15, 0.2) is 0 Å². The van der Waals surface area contributed by atoms with E-state index in [2.05, 4.69) is 10.9 Å². The summed E-state index contributed by atoms with van der Waals surface area (Å²) in [5, 5.41) is 7.93. The van der Waals surface area contributed by atoms with E-state index >= 15 is 0 Å². The van der Waals surface area contributed by atoms with E-state index in [0.29, 0.717) is 5.41 Å². The zero-order valence-electron chi connectivity index (χ0n) is 5.36. The monoisotopic (exact) mass is 148 g/mol. The number of hydrogen-bond acceptors (Lipinski definition) is 4. The summed E-state index contributed by atoms with van der Waals surface area (Å²) >= 11 is 0. The third-order valence-corrected chi connectivity index (χ3v) is 0.924. The summed E-state index contributed by atoms with van der Waals surface area (Å²) in [4.78, 5) is 0. The first kappa shape index (κ1) is 11.4. The van der Waals surface area contributed by atoms with Crippen LogP contribution in [-0.4, -0.2) is 13.7 Å². The predicted molar refractivity (Wildman–Crippen MR) is 23.9 cm³/mol. The van der Waals surface area contributed by atoms with Crippen LogP contribution in [0.2, 0.25) is 0 Å². The molecule has 0 aromatic rings. The predicted octanol–water partition coefficient (Wildman–Crippen LogP) is -2.93. The average molecular weight is 148 g/mol. The fourth-order valence-corrected chi connectivity index (χ4v) is 0.0913. The molecule has 0 fully saturated rings. The Kier molecular flexibility index (Phi) is 6.40. The SMILES string of the molecule is C=CS(=O)(=O)OO.[H-].[Na+]. The minimum Gasteiger partial charge on any atom is -1.00 e. The second kappa shape index (κ2) is 4.49. The molecule has 0 bridgehead atoms. The molecule has 0 heterocycles. The molecule has 0 rings (SSSR count). The second-order valence-corrected chi connectivity index (χ2v) is 2.20. The maximum absolute atomic E-state index is 9.78. The molecule has 0 spiro atoms. The summed E-state index contributed by atoms with van der Waals surface area (Å²) in [5.41, 5.74) is 0. The van der Waals surface area contributed by atoms with Gasteiger partial charge in [0.2, 0.25) is 0 Å². The minimum atomic E-state index is -3.84. The van der Waals surface area contributed by atoms with Crippen LogP contribution in [0.15, 0.2) is 12.0 Å². The Bertz CT molecular complexity index is 152. The van der Waals surface area contributed by atoms with E-state index in [1.807, 2.05) is 0 Å². The van der Waals surface area contributed by atoms with Crippen LogP contribution in [0.5, 0.6) is 0 Å². The van der Waals surface area contributed by atoms with E-state index in [0.717, 1.165) is 0 Å². The quantitative estimate of drug-likeness (QED) is 0.258. The molecule has 0 saturated heterocycles. The largest absolute Gasteiger partial charge is 1.00 e. The van der Waals surface area contributed by atoms with Gasteiger partial charge in [-0.05, 0) is 0 Å². The van der Waals surface area contributed by atoms with Gasteiger partial charge in [-0.2, -0.15) is 8.42 Å². The zero-order chi connectivity index (χ0) is 5.91. The Morgan fingerprint density at radius 2 is 2.12 bits per heavy atom. The Balaban J connectivity index is -0.000000180. The van der Waals surface area contributed by atoms with Crippen LogP contribution in [0.1, 0.15) is 1.43 Å². The molecule has 0 aliphatic rings. The first-order valence-electron chi connectivity index (χ1n) is 1.33. The normalized spacial score (nSPS) is 9.62. The van der Waals surface area contributed by atoms with E-state index in [1.54, 1.807) is 0 Å². The van der Waals surface area contributed by atoms with Crippen LogP contribution < -0.4 is 29.6 Å². The Hall–Kier alpha value is 0.610. The number of rotatable bonds is 2.